The predicted molar refractivity (Wildman–Crippen MR) is 74.2 cm³/mol. The van der Waals surface area contributed by atoms with E-state index in [1.54, 1.807) is 19.0 Å². The van der Waals surface area contributed by atoms with Crippen molar-refractivity contribution >= 4 is 6.03 Å². The standard InChI is InChI=1S/C13H23N5O2/c1-10-14-12(20-15-10)9-18-7-5-6-11(8-18)17(4)13(19)16(2)3/h11H,5-9H2,1-4H3. The molecular formula is C13H23N5O2. The molecule has 1 aromatic rings. The summed E-state index contributed by atoms with van der Waals surface area (Å²) in [6, 6.07) is 0.285. The SMILES string of the molecule is Cc1noc(CN2CCCC(N(C)C(=O)N(C)C)C2)n1. The number of carbonyl (C=O) groups excluding carboxylic acids is 1. The molecule has 2 amide bonds. The van der Waals surface area contributed by atoms with E-state index in [1.165, 1.54) is 0 Å². The second kappa shape index (κ2) is 6.21. The third kappa shape index (κ3) is 3.47. The molecule has 1 unspecified atom stereocenters. The number of urea groups is 1. The van der Waals surface area contributed by atoms with Gasteiger partial charge in [0.15, 0.2) is 5.82 Å². The lowest BCUT2D eigenvalue weighted by molar-refractivity contribution is 0.103. The minimum atomic E-state index is 0.0467. The van der Waals surface area contributed by atoms with Crippen LogP contribution in [-0.4, -0.2) is 71.1 Å². The van der Waals surface area contributed by atoms with Gasteiger partial charge in [-0.25, -0.2) is 4.79 Å². The monoisotopic (exact) mass is 281 g/mol. The Morgan fingerprint density at radius 1 is 1.45 bits per heavy atom. The second-order valence-corrected chi connectivity index (χ2v) is 5.55. The van der Waals surface area contributed by atoms with Crippen molar-refractivity contribution in [3.8, 4) is 0 Å². The number of hydrogen-bond acceptors (Lipinski definition) is 5. The van der Waals surface area contributed by atoms with Gasteiger partial charge in [-0.1, -0.05) is 5.16 Å². The Kier molecular flexibility index (Phi) is 4.59. The molecule has 1 aromatic heterocycles. The molecular weight excluding hydrogens is 258 g/mol. The summed E-state index contributed by atoms with van der Waals surface area (Å²) in [6.45, 7) is 4.32. The highest BCUT2D eigenvalue weighted by atomic mass is 16.5. The summed E-state index contributed by atoms with van der Waals surface area (Å²) in [5, 5.41) is 3.80. The maximum atomic E-state index is 12.0. The highest BCUT2D eigenvalue weighted by molar-refractivity contribution is 5.73. The van der Waals surface area contributed by atoms with Gasteiger partial charge in [0.05, 0.1) is 6.54 Å². The predicted octanol–water partition coefficient (Wildman–Crippen LogP) is 0.956. The average Bonchev–Trinajstić information content (AvgIpc) is 2.82. The van der Waals surface area contributed by atoms with Crippen LogP contribution in [0.4, 0.5) is 4.79 Å². The van der Waals surface area contributed by atoms with Gasteiger partial charge in [-0.2, -0.15) is 4.98 Å². The van der Waals surface area contributed by atoms with E-state index in [2.05, 4.69) is 15.0 Å². The van der Waals surface area contributed by atoms with E-state index in [9.17, 15) is 4.79 Å². The van der Waals surface area contributed by atoms with Crippen molar-refractivity contribution in [2.75, 3.05) is 34.2 Å². The number of carbonyl (C=O) groups is 1. The van der Waals surface area contributed by atoms with E-state index in [0.717, 1.165) is 25.9 Å². The van der Waals surface area contributed by atoms with Crippen LogP contribution in [0, 0.1) is 6.92 Å². The molecule has 0 saturated carbocycles. The molecule has 0 N–H and O–H groups in total. The molecule has 2 heterocycles. The zero-order valence-electron chi connectivity index (χ0n) is 12.7. The van der Waals surface area contributed by atoms with Crippen molar-refractivity contribution in [1.29, 1.82) is 0 Å². The second-order valence-electron chi connectivity index (χ2n) is 5.55. The van der Waals surface area contributed by atoms with Crippen molar-refractivity contribution < 1.29 is 9.32 Å². The summed E-state index contributed by atoms with van der Waals surface area (Å²) in [5.41, 5.74) is 0. The highest BCUT2D eigenvalue weighted by Gasteiger charge is 2.27. The van der Waals surface area contributed by atoms with Crippen LogP contribution in [0.25, 0.3) is 0 Å². The number of aromatic nitrogens is 2. The van der Waals surface area contributed by atoms with Crippen LogP contribution in [0.1, 0.15) is 24.6 Å². The molecule has 0 aliphatic carbocycles. The Morgan fingerprint density at radius 2 is 2.20 bits per heavy atom. The van der Waals surface area contributed by atoms with Crippen LogP contribution in [0.3, 0.4) is 0 Å². The molecule has 7 nitrogen and oxygen atoms in total. The highest BCUT2D eigenvalue weighted by Crippen LogP contribution is 2.17. The number of nitrogens with zero attached hydrogens (tertiary/aromatic N) is 5. The Bertz CT molecular complexity index is 459. The summed E-state index contributed by atoms with van der Waals surface area (Å²) >= 11 is 0. The number of likely N-dealkylation sites (N-methyl/N-ethyl adjacent to an activating group) is 1. The molecule has 20 heavy (non-hydrogen) atoms. The largest absolute Gasteiger partial charge is 0.338 e. The van der Waals surface area contributed by atoms with Crippen LogP contribution in [0.5, 0.6) is 0 Å². The third-order valence-corrected chi connectivity index (χ3v) is 3.64. The molecule has 7 heteroatoms. The van der Waals surface area contributed by atoms with Crippen molar-refractivity contribution in [1.82, 2.24) is 24.8 Å². The molecule has 1 saturated heterocycles. The fourth-order valence-electron chi connectivity index (χ4n) is 2.56. The van der Waals surface area contributed by atoms with Crippen LogP contribution in [0.15, 0.2) is 4.52 Å². The fraction of sp³-hybridized carbons (Fsp3) is 0.769. The van der Waals surface area contributed by atoms with Crippen LogP contribution < -0.4 is 0 Å². The van der Waals surface area contributed by atoms with E-state index in [0.29, 0.717) is 18.3 Å². The zero-order valence-corrected chi connectivity index (χ0v) is 12.7. The smallest absolute Gasteiger partial charge is 0.319 e. The van der Waals surface area contributed by atoms with Crippen molar-refractivity contribution in [2.24, 2.45) is 0 Å². The van der Waals surface area contributed by atoms with Gasteiger partial charge in [-0.3, -0.25) is 4.90 Å². The fourth-order valence-corrected chi connectivity index (χ4v) is 2.56. The van der Waals surface area contributed by atoms with E-state index in [4.69, 9.17) is 4.52 Å². The Labute approximate surface area is 119 Å². The van der Waals surface area contributed by atoms with Gasteiger partial charge in [0.25, 0.3) is 0 Å². The first-order chi connectivity index (χ1) is 9.47. The normalized spacial score (nSPS) is 19.9. The van der Waals surface area contributed by atoms with E-state index in [-0.39, 0.29) is 12.1 Å². The van der Waals surface area contributed by atoms with E-state index >= 15 is 0 Å². The third-order valence-electron chi connectivity index (χ3n) is 3.64. The number of hydrogen-bond donors (Lipinski definition) is 0. The molecule has 0 bridgehead atoms. The van der Waals surface area contributed by atoms with Crippen LogP contribution >= 0.6 is 0 Å². The lowest BCUT2D eigenvalue weighted by atomic mass is 10.0. The number of rotatable bonds is 3. The molecule has 1 fully saturated rings. The lowest BCUT2D eigenvalue weighted by Crippen LogP contribution is -2.50. The number of piperidine rings is 1. The van der Waals surface area contributed by atoms with Gasteiger partial charge in [0.1, 0.15) is 0 Å². The summed E-state index contributed by atoms with van der Waals surface area (Å²) in [4.78, 5) is 21.9. The van der Waals surface area contributed by atoms with Gasteiger partial charge < -0.3 is 14.3 Å². The molecule has 0 aromatic carbocycles. The molecule has 0 radical (unpaired) electrons. The summed E-state index contributed by atoms with van der Waals surface area (Å²) in [6.07, 6.45) is 2.11. The van der Waals surface area contributed by atoms with E-state index < -0.39 is 0 Å². The zero-order chi connectivity index (χ0) is 14.7. The number of likely N-dealkylation sites (tertiary alicyclic amines) is 1. The molecule has 0 spiro atoms. The van der Waals surface area contributed by atoms with Crippen molar-refractivity contribution in [3.05, 3.63) is 11.7 Å². The number of amides is 2. The topological polar surface area (TPSA) is 65.7 Å². The first-order valence-electron chi connectivity index (χ1n) is 6.93. The van der Waals surface area contributed by atoms with Gasteiger partial charge in [0, 0.05) is 33.7 Å². The minimum absolute atomic E-state index is 0.0467. The minimum Gasteiger partial charge on any atom is -0.338 e. The molecule has 2 rings (SSSR count). The van der Waals surface area contributed by atoms with Crippen LogP contribution in [-0.2, 0) is 6.54 Å². The summed E-state index contributed by atoms with van der Waals surface area (Å²) in [5.74, 6) is 1.30. The lowest BCUT2D eigenvalue weighted by Gasteiger charge is -2.37. The van der Waals surface area contributed by atoms with Gasteiger partial charge in [-0.05, 0) is 26.3 Å². The number of aryl methyl sites for hydroxylation is 1. The van der Waals surface area contributed by atoms with Crippen LogP contribution in [0.2, 0.25) is 0 Å². The van der Waals surface area contributed by atoms with Gasteiger partial charge in [-0.15, -0.1) is 0 Å². The Morgan fingerprint density at radius 3 is 2.80 bits per heavy atom. The Balaban J connectivity index is 1.93. The maximum Gasteiger partial charge on any atom is 0.319 e. The molecule has 1 aliphatic heterocycles. The molecule has 1 atom stereocenters. The Hall–Kier alpha value is -1.63. The van der Waals surface area contributed by atoms with Gasteiger partial charge in [0.2, 0.25) is 5.89 Å². The molecule has 112 valence electrons. The maximum absolute atomic E-state index is 12.0. The summed E-state index contributed by atoms with van der Waals surface area (Å²) in [7, 11) is 5.43. The van der Waals surface area contributed by atoms with Crippen molar-refractivity contribution in [3.63, 3.8) is 0 Å². The first kappa shape index (κ1) is 14.8. The first-order valence-corrected chi connectivity index (χ1v) is 6.93. The average molecular weight is 281 g/mol. The van der Waals surface area contributed by atoms with Crippen molar-refractivity contribution in [2.45, 2.75) is 32.4 Å². The summed E-state index contributed by atoms with van der Waals surface area (Å²) < 4.78 is 5.16. The van der Waals surface area contributed by atoms with E-state index in [1.807, 2.05) is 18.9 Å². The molecule has 1 aliphatic rings. The van der Waals surface area contributed by atoms with Gasteiger partial charge >= 0.3 is 6.03 Å². The quantitative estimate of drug-likeness (QED) is 0.825.